The molecule has 0 N–H and O–H groups in total. The molecular formula is C9H8BrN2O2+. The molecule has 72 valence electrons. The van der Waals surface area contributed by atoms with E-state index in [2.05, 4.69) is 25.6 Å². The fourth-order valence-electron chi connectivity index (χ4n) is 1.04. The molecule has 5 heteroatoms. The molecule has 0 radical (unpaired) electrons. The van der Waals surface area contributed by atoms with Crippen LogP contribution in [0.2, 0.25) is 0 Å². The highest BCUT2D eigenvalue weighted by Crippen LogP contribution is 2.22. The third-order valence-corrected chi connectivity index (χ3v) is 2.20. The van der Waals surface area contributed by atoms with Crippen molar-refractivity contribution < 1.29 is 9.53 Å². The second-order valence-electron chi connectivity index (χ2n) is 2.60. The predicted molar refractivity (Wildman–Crippen MR) is 54.0 cm³/mol. The second-order valence-corrected chi connectivity index (χ2v) is 3.51. The maximum absolute atomic E-state index is 11.2. The Morgan fingerprint density at radius 2 is 2.36 bits per heavy atom. The number of rotatable bonds is 2. The Balaban J connectivity index is 3.02. The van der Waals surface area contributed by atoms with Crippen LogP contribution in [0.3, 0.4) is 0 Å². The van der Waals surface area contributed by atoms with Crippen LogP contribution in [0.25, 0.3) is 4.98 Å². The molecule has 4 nitrogen and oxygen atoms in total. The van der Waals surface area contributed by atoms with Crippen molar-refractivity contribution in [2.75, 3.05) is 7.11 Å². The van der Waals surface area contributed by atoms with Gasteiger partial charge >= 0.3 is 12.0 Å². The lowest BCUT2D eigenvalue weighted by atomic mass is 10.1. The average Bonchev–Trinajstić information content (AvgIpc) is 2.19. The third-order valence-electron chi connectivity index (χ3n) is 1.70. The number of hydrogen-bond acceptors (Lipinski definition) is 3. The van der Waals surface area contributed by atoms with E-state index in [1.54, 1.807) is 18.2 Å². The van der Waals surface area contributed by atoms with Crippen LogP contribution < -0.4 is 0 Å². The summed E-state index contributed by atoms with van der Waals surface area (Å²) < 4.78 is 5.30. The lowest BCUT2D eigenvalue weighted by Gasteiger charge is -1.98. The molecule has 0 amide bonds. The lowest BCUT2D eigenvalue weighted by Crippen LogP contribution is -2.10. The van der Waals surface area contributed by atoms with Crippen LogP contribution in [0, 0.1) is 5.39 Å². The zero-order valence-corrected chi connectivity index (χ0v) is 9.06. The molecule has 0 saturated carbocycles. The topological polar surface area (TPSA) is 54.5 Å². The van der Waals surface area contributed by atoms with Gasteiger partial charge in [-0.05, 0) is 12.1 Å². The van der Waals surface area contributed by atoms with Crippen LogP contribution >= 0.6 is 15.9 Å². The highest BCUT2D eigenvalue weighted by atomic mass is 79.9. The number of diazo groups is 1. The van der Waals surface area contributed by atoms with Crippen LogP contribution in [0.15, 0.2) is 28.7 Å². The van der Waals surface area contributed by atoms with Crippen molar-refractivity contribution in [2.45, 2.75) is 6.04 Å². The smallest absolute Gasteiger partial charge is 0.433 e. The van der Waals surface area contributed by atoms with Gasteiger partial charge in [0.2, 0.25) is 5.39 Å². The van der Waals surface area contributed by atoms with Crippen molar-refractivity contribution >= 4 is 21.9 Å². The number of halogens is 1. The molecule has 14 heavy (non-hydrogen) atoms. The number of esters is 1. The molecule has 1 aromatic carbocycles. The molecular weight excluding hydrogens is 248 g/mol. The SMILES string of the molecule is COC(=O)C([N+]#N)c1cccc(Br)c1. The number of benzene rings is 1. The molecule has 0 fully saturated rings. The van der Waals surface area contributed by atoms with Gasteiger partial charge in [-0.1, -0.05) is 28.1 Å². The fraction of sp³-hybridized carbons (Fsp3) is 0.222. The highest BCUT2D eigenvalue weighted by molar-refractivity contribution is 9.10. The minimum atomic E-state index is -0.975. The molecule has 1 unspecified atom stereocenters. The standard InChI is InChI=1S/C9H8BrN2O2/c1-14-9(13)8(12-11)6-3-2-4-7(10)5-6/h2-5,8H,1H3/q+1. The Labute approximate surface area is 89.6 Å². The highest BCUT2D eigenvalue weighted by Gasteiger charge is 2.33. The van der Waals surface area contributed by atoms with Crippen molar-refractivity contribution in [3.63, 3.8) is 0 Å². The summed E-state index contributed by atoms with van der Waals surface area (Å²) >= 11 is 3.26. The van der Waals surface area contributed by atoms with Crippen molar-refractivity contribution in [1.29, 1.82) is 5.39 Å². The van der Waals surface area contributed by atoms with Crippen molar-refractivity contribution in [3.8, 4) is 0 Å². The summed E-state index contributed by atoms with van der Waals surface area (Å²) in [7, 11) is 1.25. The Bertz CT molecular complexity index is 387. The second kappa shape index (κ2) is 4.72. The summed E-state index contributed by atoms with van der Waals surface area (Å²) in [6.07, 6.45) is 0. The van der Waals surface area contributed by atoms with Gasteiger partial charge in [-0.25, -0.2) is 4.79 Å². The fourth-order valence-corrected chi connectivity index (χ4v) is 1.46. The van der Waals surface area contributed by atoms with E-state index in [-0.39, 0.29) is 0 Å². The number of carbonyl (C=O) groups excluding carboxylic acids is 1. The van der Waals surface area contributed by atoms with Crippen LogP contribution in [-0.2, 0) is 9.53 Å². The maximum atomic E-state index is 11.2. The van der Waals surface area contributed by atoms with Crippen LogP contribution in [0.5, 0.6) is 0 Å². The van der Waals surface area contributed by atoms with Gasteiger partial charge in [-0.15, -0.1) is 0 Å². The monoisotopic (exact) mass is 255 g/mol. The van der Waals surface area contributed by atoms with Crippen LogP contribution in [-0.4, -0.2) is 13.1 Å². The summed E-state index contributed by atoms with van der Waals surface area (Å²) in [6.45, 7) is 0. The Hall–Kier alpha value is -1.41. The van der Waals surface area contributed by atoms with E-state index < -0.39 is 12.0 Å². The van der Waals surface area contributed by atoms with E-state index >= 15 is 0 Å². The molecule has 0 aromatic heterocycles. The maximum Gasteiger partial charge on any atom is 0.433 e. The van der Waals surface area contributed by atoms with E-state index in [4.69, 9.17) is 5.39 Å². The number of ether oxygens (including phenoxy) is 1. The number of nitrogens with zero attached hydrogens (tertiary/aromatic N) is 2. The van der Waals surface area contributed by atoms with E-state index in [1.165, 1.54) is 7.11 Å². The molecule has 0 aliphatic heterocycles. The van der Waals surface area contributed by atoms with Gasteiger partial charge in [0, 0.05) is 4.47 Å². The Kier molecular flexibility index (Phi) is 3.60. The molecule has 0 heterocycles. The summed E-state index contributed by atoms with van der Waals surface area (Å²) in [5.74, 6) is -0.592. The molecule has 0 aliphatic carbocycles. The summed E-state index contributed by atoms with van der Waals surface area (Å²) in [4.78, 5) is 14.1. The first-order valence-electron chi connectivity index (χ1n) is 3.86. The van der Waals surface area contributed by atoms with Gasteiger partial charge in [0.05, 0.1) is 12.7 Å². The first kappa shape index (κ1) is 10.7. The van der Waals surface area contributed by atoms with E-state index in [0.717, 1.165) is 4.47 Å². The zero-order valence-electron chi connectivity index (χ0n) is 7.48. The van der Waals surface area contributed by atoms with E-state index in [0.29, 0.717) is 5.56 Å². The molecule has 0 aliphatic rings. The zero-order chi connectivity index (χ0) is 10.6. The summed E-state index contributed by atoms with van der Waals surface area (Å²) in [6, 6.07) is 5.97. The first-order valence-corrected chi connectivity index (χ1v) is 4.66. The number of carbonyl (C=O) groups is 1. The molecule has 1 rings (SSSR count). The molecule has 1 aromatic rings. The largest absolute Gasteiger partial charge is 0.463 e. The van der Waals surface area contributed by atoms with Gasteiger partial charge in [-0.2, -0.15) is 0 Å². The minimum Gasteiger partial charge on any atom is -0.463 e. The van der Waals surface area contributed by atoms with E-state index in [9.17, 15) is 4.79 Å². The summed E-state index contributed by atoms with van der Waals surface area (Å²) in [5.41, 5.74) is 0.578. The first-order chi connectivity index (χ1) is 6.69. The van der Waals surface area contributed by atoms with Crippen LogP contribution in [0.4, 0.5) is 0 Å². The minimum absolute atomic E-state index is 0.578. The molecule has 1 atom stereocenters. The molecule has 0 spiro atoms. The van der Waals surface area contributed by atoms with Gasteiger partial charge in [-0.3, -0.25) is 0 Å². The normalized spacial score (nSPS) is 11.5. The summed E-state index contributed by atoms with van der Waals surface area (Å²) in [5, 5.41) is 8.68. The Morgan fingerprint density at radius 3 is 2.86 bits per heavy atom. The quantitative estimate of drug-likeness (QED) is 0.603. The predicted octanol–water partition coefficient (Wildman–Crippen LogP) is 2.52. The van der Waals surface area contributed by atoms with Gasteiger partial charge in [0.25, 0.3) is 0 Å². The van der Waals surface area contributed by atoms with Gasteiger partial charge < -0.3 is 4.74 Å². The van der Waals surface area contributed by atoms with Crippen molar-refractivity contribution in [2.24, 2.45) is 0 Å². The molecule has 0 saturated heterocycles. The van der Waals surface area contributed by atoms with Gasteiger partial charge in [0.15, 0.2) is 0 Å². The van der Waals surface area contributed by atoms with Crippen molar-refractivity contribution in [1.82, 2.24) is 0 Å². The van der Waals surface area contributed by atoms with E-state index in [1.807, 2.05) is 6.07 Å². The number of hydrogen-bond donors (Lipinski definition) is 0. The number of methoxy groups -OCH3 is 1. The third kappa shape index (κ3) is 2.30. The lowest BCUT2D eigenvalue weighted by molar-refractivity contribution is -0.141. The Morgan fingerprint density at radius 1 is 1.64 bits per heavy atom. The van der Waals surface area contributed by atoms with Gasteiger partial charge in [0.1, 0.15) is 4.98 Å². The van der Waals surface area contributed by atoms with Crippen molar-refractivity contribution in [3.05, 3.63) is 39.3 Å². The molecule has 0 bridgehead atoms. The average molecular weight is 256 g/mol. The van der Waals surface area contributed by atoms with Crippen LogP contribution in [0.1, 0.15) is 11.6 Å².